The number of pyridine rings is 1. The Balaban J connectivity index is 1.48. The van der Waals surface area contributed by atoms with Gasteiger partial charge in [-0.05, 0) is 59.4 Å². The fourth-order valence-corrected chi connectivity index (χ4v) is 6.54. The highest BCUT2D eigenvalue weighted by molar-refractivity contribution is 6.30. The molecule has 0 bridgehead atoms. The van der Waals surface area contributed by atoms with Crippen molar-refractivity contribution in [2.24, 2.45) is 0 Å². The van der Waals surface area contributed by atoms with Gasteiger partial charge in [-0.15, -0.1) is 0 Å². The first-order valence-corrected chi connectivity index (χ1v) is 14.2. The van der Waals surface area contributed by atoms with Crippen molar-refractivity contribution in [1.82, 2.24) is 24.8 Å². The Bertz CT molecular complexity index is 1260. The van der Waals surface area contributed by atoms with Gasteiger partial charge in [-0.25, -0.2) is 37.3 Å². The number of hydrogen-bond donors (Lipinski definition) is 0. The average Bonchev–Trinajstić information content (AvgIpc) is 3.57. The largest absolute Gasteiger partial charge is 0.444 e. The van der Waals surface area contributed by atoms with Crippen LogP contribution in [0.1, 0.15) is 58.7 Å². The minimum Gasteiger partial charge on any atom is -0.444 e. The Morgan fingerprint density at radius 1 is 1.27 bits per heavy atom. The highest BCUT2D eigenvalue weighted by Gasteiger charge is 2.48. The lowest BCUT2D eigenvalue weighted by Crippen LogP contribution is -2.43. The predicted octanol–water partition coefficient (Wildman–Crippen LogP) is 5.41. The molecule has 0 unspecified atom stereocenters. The number of fused-ring (bicyclic) bond motifs is 2. The molecular weight excluding hydrogens is 552 g/mol. The molecule has 5 rings (SSSR count). The number of alkyl halides is 3. The minimum atomic E-state index is -2.72. The molecule has 3 saturated heterocycles. The van der Waals surface area contributed by atoms with Gasteiger partial charge in [0.2, 0.25) is 0 Å². The maximum absolute atomic E-state index is 15.2. The second-order valence-electron chi connectivity index (χ2n) is 12.1. The highest BCUT2D eigenvalue weighted by Crippen LogP contribution is 2.43. The zero-order valence-corrected chi connectivity index (χ0v) is 23.7. The van der Waals surface area contributed by atoms with Gasteiger partial charge in [0.15, 0.2) is 11.0 Å². The molecule has 1 amide bonds. The van der Waals surface area contributed by atoms with Gasteiger partial charge in [0.1, 0.15) is 28.9 Å². The third kappa shape index (κ3) is 5.93. The van der Waals surface area contributed by atoms with Gasteiger partial charge in [-0.1, -0.05) is 11.6 Å². The van der Waals surface area contributed by atoms with Crippen molar-refractivity contribution in [2.75, 3.05) is 37.6 Å². The number of hydrogen-bond acceptors (Lipinski definition) is 7. The van der Waals surface area contributed by atoms with E-state index in [1.807, 2.05) is 0 Å². The smallest absolute Gasteiger partial charge is 0.410 e. The van der Waals surface area contributed by atoms with E-state index in [-0.39, 0.29) is 39.8 Å². The number of amides is 1. The molecule has 2 aromatic heterocycles. The second-order valence-corrected chi connectivity index (χ2v) is 12.4. The molecule has 13 heteroatoms. The zero-order valence-electron chi connectivity index (χ0n) is 23.0. The Morgan fingerprint density at radius 2 is 2.05 bits per heavy atom. The zero-order chi connectivity index (χ0) is 28.8. The van der Waals surface area contributed by atoms with Crippen LogP contribution in [0.4, 0.5) is 28.2 Å². The van der Waals surface area contributed by atoms with Crippen LogP contribution in [0.25, 0.3) is 10.9 Å². The van der Waals surface area contributed by atoms with Crippen LogP contribution in [0.3, 0.4) is 0 Å². The quantitative estimate of drug-likeness (QED) is 0.317. The summed E-state index contributed by atoms with van der Waals surface area (Å²) in [7, 11) is 0. The Labute approximate surface area is 236 Å². The van der Waals surface area contributed by atoms with Gasteiger partial charge < -0.3 is 14.5 Å². The van der Waals surface area contributed by atoms with Crippen LogP contribution in [-0.2, 0) is 11.2 Å². The fourth-order valence-electron chi connectivity index (χ4n) is 6.40. The average molecular weight is 587 g/mol. The fraction of sp³-hybridized carbons (Fsp3) is 0.704. The summed E-state index contributed by atoms with van der Waals surface area (Å²) in [4.78, 5) is 30.7. The van der Waals surface area contributed by atoms with E-state index in [4.69, 9.17) is 16.3 Å². The van der Waals surface area contributed by atoms with Crippen molar-refractivity contribution in [3.63, 3.8) is 0 Å². The highest BCUT2D eigenvalue weighted by atomic mass is 35.5. The van der Waals surface area contributed by atoms with E-state index >= 15 is 4.39 Å². The van der Waals surface area contributed by atoms with E-state index < -0.39 is 42.7 Å². The number of carbonyl (C=O) groups is 1. The molecule has 3 atom stereocenters. The second kappa shape index (κ2) is 11.1. The molecule has 0 aromatic carbocycles. The lowest BCUT2D eigenvalue weighted by Gasteiger charge is -2.32. The molecule has 3 aliphatic heterocycles. The lowest BCUT2D eigenvalue weighted by atomic mass is 9.88. The van der Waals surface area contributed by atoms with Gasteiger partial charge in [-0.2, -0.15) is 0 Å². The molecule has 0 N–H and O–H groups in total. The van der Waals surface area contributed by atoms with Gasteiger partial charge in [0.25, 0.3) is 6.43 Å². The summed E-state index contributed by atoms with van der Waals surface area (Å²) < 4.78 is 62.9. The summed E-state index contributed by atoms with van der Waals surface area (Å²) in [5.41, 5.74) is -1.10. The minimum absolute atomic E-state index is 0.100. The van der Waals surface area contributed by atoms with E-state index in [9.17, 15) is 18.0 Å². The number of ether oxygens (including phenoxy) is 1. The monoisotopic (exact) mass is 586 g/mol. The summed E-state index contributed by atoms with van der Waals surface area (Å²) in [5.74, 6) is -0.461. The van der Waals surface area contributed by atoms with E-state index in [0.29, 0.717) is 38.8 Å². The first-order chi connectivity index (χ1) is 18.8. The SMILES string of the molecule is CC(C)(C)OC(=O)N1CC[C@@H](N(CC(F)F)c2nc(CC[C@@]34CCCN3C[C@H](F)C4)nc3c(F)c(Cl)ncc23)C1. The topological polar surface area (TPSA) is 74.7 Å². The molecule has 0 aliphatic carbocycles. The number of halogens is 5. The maximum Gasteiger partial charge on any atom is 0.410 e. The van der Waals surface area contributed by atoms with Crippen LogP contribution < -0.4 is 4.90 Å². The Hall–Kier alpha value is -2.47. The van der Waals surface area contributed by atoms with Crippen molar-refractivity contribution in [3.05, 3.63) is 23.0 Å². The number of likely N-dealkylation sites (tertiary alicyclic amines) is 1. The van der Waals surface area contributed by atoms with Gasteiger partial charge in [0.05, 0.1) is 18.0 Å². The molecule has 2 aromatic rings. The normalized spacial score (nSPS) is 25.3. The van der Waals surface area contributed by atoms with E-state index in [2.05, 4.69) is 19.9 Å². The summed E-state index contributed by atoms with van der Waals surface area (Å²) in [6.45, 7) is 6.28. The molecule has 3 aliphatic rings. The van der Waals surface area contributed by atoms with Crippen molar-refractivity contribution in [1.29, 1.82) is 0 Å². The van der Waals surface area contributed by atoms with E-state index in [1.54, 1.807) is 20.8 Å². The van der Waals surface area contributed by atoms with Crippen LogP contribution in [0.2, 0.25) is 5.15 Å². The molecule has 220 valence electrons. The summed E-state index contributed by atoms with van der Waals surface area (Å²) in [6, 6.07) is -0.516. The number of nitrogens with zero attached hydrogens (tertiary/aromatic N) is 6. The van der Waals surface area contributed by atoms with Crippen molar-refractivity contribution in [2.45, 2.75) is 89.1 Å². The summed E-state index contributed by atoms with van der Waals surface area (Å²) in [6.07, 6.45) is 0.704. The molecule has 0 saturated carbocycles. The van der Waals surface area contributed by atoms with Crippen LogP contribution in [0.5, 0.6) is 0 Å². The maximum atomic E-state index is 15.2. The number of aryl methyl sites for hydroxylation is 1. The third-order valence-corrected chi connectivity index (χ3v) is 8.37. The number of rotatable bonds is 7. The van der Waals surface area contributed by atoms with Crippen LogP contribution >= 0.6 is 11.6 Å². The standard InChI is InChI=1S/C27H35ClF4N6O2/c1-26(2,3)40-25(39)36-10-6-17(14-36)38(15-19(30)31)24-18-12-33-23(28)21(32)22(18)34-20(35-24)5-8-27-7-4-9-37(27)13-16(29)11-27/h12,16-17,19H,4-11,13-15H2,1-3H3/t16-,17-,27-/m1/s1. The van der Waals surface area contributed by atoms with E-state index in [0.717, 1.165) is 19.4 Å². The third-order valence-electron chi connectivity index (χ3n) is 8.11. The number of anilines is 1. The molecule has 5 heterocycles. The van der Waals surface area contributed by atoms with Gasteiger partial charge in [0, 0.05) is 37.8 Å². The van der Waals surface area contributed by atoms with Crippen LogP contribution in [0.15, 0.2) is 6.20 Å². The van der Waals surface area contributed by atoms with Crippen LogP contribution in [-0.4, -0.2) is 93.3 Å². The lowest BCUT2D eigenvalue weighted by molar-refractivity contribution is 0.0292. The molecule has 0 radical (unpaired) electrons. The van der Waals surface area contributed by atoms with Gasteiger partial charge >= 0.3 is 6.09 Å². The van der Waals surface area contributed by atoms with Crippen molar-refractivity contribution < 1.29 is 27.1 Å². The van der Waals surface area contributed by atoms with E-state index in [1.165, 1.54) is 16.0 Å². The van der Waals surface area contributed by atoms with Crippen molar-refractivity contribution >= 4 is 34.4 Å². The van der Waals surface area contributed by atoms with Crippen molar-refractivity contribution in [3.8, 4) is 0 Å². The number of aromatic nitrogens is 3. The molecule has 8 nitrogen and oxygen atoms in total. The first-order valence-electron chi connectivity index (χ1n) is 13.8. The molecule has 40 heavy (non-hydrogen) atoms. The molecule has 3 fully saturated rings. The Morgan fingerprint density at radius 3 is 2.77 bits per heavy atom. The molecule has 0 spiro atoms. The summed E-state index contributed by atoms with van der Waals surface area (Å²) >= 11 is 5.97. The summed E-state index contributed by atoms with van der Waals surface area (Å²) in [5, 5.41) is -0.218. The molecular formula is C27H35ClF4N6O2. The van der Waals surface area contributed by atoms with Crippen LogP contribution in [0, 0.1) is 5.82 Å². The first kappa shape index (κ1) is 29.0. The Kier molecular flexibility index (Phi) is 8.04. The van der Waals surface area contributed by atoms with Gasteiger partial charge in [-0.3, -0.25) is 4.90 Å². The number of carbonyl (C=O) groups excluding carboxylic acids is 1. The predicted molar refractivity (Wildman–Crippen MR) is 143 cm³/mol.